The first-order valence-electron chi connectivity index (χ1n) is 7.01. The van der Waals surface area contributed by atoms with Gasteiger partial charge < -0.3 is 9.64 Å². The zero-order valence-electron chi connectivity index (χ0n) is 12.6. The van der Waals surface area contributed by atoms with Crippen LogP contribution in [0.3, 0.4) is 0 Å². The second-order valence-electron chi connectivity index (χ2n) is 5.07. The molecule has 1 heterocycles. The zero-order chi connectivity index (χ0) is 16.3. The Morgan fingerprint density at radius 1 is 1.27 bits per heavy atom. The lowest BCUT2D eigenvalue weighted by Gasteiger charge is -2.31. The quantitative estimate of drug-likeness (QED) is 0.754. The van der Waals surface area contributed by atoms with E-state index in [1.54, 1.807) is 6.92 Å². The van der Waals surface area contributed by atoms with E-state index in [9.17, 15) is 13.2 Å². The minimum Gasteiger partial charge on any atom is -0.493 e. The second kappa shape index (κ2) is 6.95. The number of piperazine rings is 1. The first kappa shape index (κ1) is 17.2. The number of benzene rings is 1. The highest BCUT2D eigenvalue weighted by molar-refractivity contribution is 7.89. The molecule has 0 bridgehead atoms. The predicted octanol–water partition coefficient (Wildman–Crippen LogP) is 1.40. The molecule has 8 heteroatoms. The maximum absolute atomic E-state index is 12.7. The lowest BCUT2D eigenvalue weighted by Crippen LogP contribution is -2.47. The van der Waals surface area contributed by atoms with Gasteiger partial charge in [0, 0.05) is 26.2 Å². The maximum atomic E-state index is 12.7. The van der Waals surface area contributed by atoms with Gasteiger partial charge in [-0.05, 0) is 43.8 Å². The number of ether oxygens (including phenoxy) is 1. The SMILES string of the molecule is CCOc1ccc(S(=O)(=O)N2CCN(C)CC2)cc1C(=O)Cl. The standard InChI is InChI=1S/C14H19ClN2O4S/c1-3-21-13-5-4-11(10-12(13)14(15)18)22(19,20)17-8-6-16(2)7-9-17/h4-5,10H,3,6-9H2,1-2H3. The van der Waals surface area contributed by atoms with Gasteiger partial charge in [-0.25, -0.2) is 8.42 Å². The van der Waals surface area contributed by atoms with Crippen molar-refractivity contribution < 1.29 is 17.9 Å². The fourth-order valence-electron chi connectivity index (χ4n) is 2.28. The number of rotatable bonds is 5. The highest BCUT2D eigenvalue weighted by Crippen LogP contribution is 2.26. The van der Waals surface area contributed by atoms with Crippen molar-refractivity contribution in [3.8, 4) is 5.75 Å². The van der Waals surface area contributed by atoms with Gasteiger partial charge in [0.25, 0.3) is 5.24 Å². The first-order valence-corrected chi connectivity index (χ1v) is 8.83. The molecule has 0 spiro atoms. The predicted molar refractivity (Wildman–Crippen MR) is 84.1 cm³/mol. The molecule has 0 amide bonds. The number of carbonyl (C=O) groups is 1. The summed E-state index contributed by atoms with van der Waals surface area (Å²) < 4.78 is 32.0. The van der Waals surface area contributed by atoms with Gasteiger partial charge in [0.2, 0.25) is 10.0 Å². The summed E-state index contributed by atoms with van der Waals surface area (Å²) in [5, 5.41) is -0.737. The first-order chi connectivity index (χ1) is 10.4. The topological polar surface area (TPSA) is 66.9 Å². The van der Waals surface area contributed by atoms with Gasteiger partial charge in [-0.1, -0.05) is 0 Å². The highest BCUT2D eigenvalue weighted by atomic mass is 35.5. The summed E-state index contributed by atoms with van der Waals surface area (Å²) in [5.74, 6) is 0.292. The van der Waals surface area contributed by atoms with Crippen LogP contribution in [0.15, 0.2) is 23.1 Å². The van der Waals surface area contributed by atoms with E-state index in [1.807, 2.05) is 7.05 Å². The summed E-state index contributed by atoms with van der Waals surface area (Å²) in [5.41, 5.74) is 0.0683. The molecular weight excluding hydrogens is 328 g/mol. The number of halogens is 1. The number of carbonyl (C=O) groups excluding carboxylic acids is 1. The Hall–Kier alpha value is -1.15. The lowest BCUT2D eigenvalue weighted by molar-refractivity contribution is 0.107. The molecule has 1 aromatic rings. The van der Waals surface area contributed by atoms with Crippen LogP contribution in [-0.2, 0) is 10.0 Å². The summed E-state index contributed by atoms with van der Waals surface area (Å²) >= 11 is 5.54. The van der Waals surface area contributed by atoms with Crippen LogP contribution in [0.1, 0.15) is 17.3 Å². The number of hydrogen-bond donors (Lipinski definition) is 0. The van der Waals surface area contributed by atoms with Crippen LogP contribution in [0, 0.1) is 0 Å². The van der Waals surface area contributed by atoms with Crippen molar-refractivity contribution >= 4 is 26.9 Å². The van der Waals surface area contributed by atoms with Crippen LogP contribution in [0.25, 0.3) is 0 Å². The van der Waals surface area contributed by atoms with Crippen molar-refractivity contribution in [2.24, 2.45) is 0 Å². The monoisotopic (exact) mass is 346 g/mol. The van der Waals surface area contributed by atoms with Crippen LogP contribution >= 0.6 is 11.6 Å². The largest absolute Gasteiger partial charge is 0.493 e. The van der Waals surface area contributed by atoms with Gasteiger partial charge in [-0.2, -0.15) is 4.31 Å². The Morgan fingerprint density at radius 2 is 1.91 bits per heavy atom. The fraction of sp³-hybridized carbons (Fsp3) is 0.500. The zero-order valence-corrected chi connectivity index (χ0v) is 14.2. The van der Waals surface area contributed by atoms with Crippen LogP contribution in [0.5, 0.6) is 5.75 Å². The van der Waals surface area contributed by atoms with Gasteiger partial charge in [0.05, 0.1) is 17.1 Å². The van der Waals surface area contributed by atoms with Crippen molar-refractivity contribution in [1.82, 2.24) is 9.21 Å². The molecule has 0 aromatic heterocycles. The maximum Gasteiger partial charge on any atom is 0.256 e. The van der Waals surface area contributed by atoms with Crippen LogP contribution in [0.4, 0.5) is 0 Å². The number of likely N-dealkylation sites (N-methyl/N-ethyl adjacent to an activating group) is 1. The summed E-state index contributed by atoms with van der Waals surface area (Å²) in [4.78, 5) is 13.6. The smallest absolute Gasteiger partial charge is 0.256 e. The average Bonchev–Trinajstić information content (AvgIpc) is 2.48. The van der Waals surface area contributed by atoms with Gasteiger partial charge in [-0.15, -0.1) is 0 Å². The third-order valence-corrected chi connectivity index (χ3v) is 5.66. The average molecular weight is 347 g/mol. The van der Waals surface area contributed by atoms with Gasteiger partial charge in [-0.3, -0.25) is 4.79 Å². The van der Waals surface area contributed by atoms with E-state index in [2.05, 4.69) is 4.90 Å². The van der Waals surface area contributed by atoms with E-state index in [0.717, 1.165) is 0 Å². The molecule has 0 aliphatic carbocycles. The fourth-order valence-corrected chi connectivity index (χ4v) is 3.88. The Bertz CT molecular complexity index is 655. The van der Waals surface area contributed by atoms with Crippen LogP contribution in [0.2, 0.25) is 0 Å². The molecule has 2 rings (SSSR count). The molecule has 6 nitrogen and oxygen atoms in total. The number of nitrogens with zero attached hydrogens (tertiary/aromatic N) is 2. The second-order valence-corrected chi connectivity index (χ2v) is 7.35. The van der Waals surface area contributed by atoms with Crippen molar-refractivity contribution in [1.29, 1.82) is 0 Å². The molecule has 0 atom stereocenters. The Morgan fingerprint density at radius 3 is 2.45 bits per heavy atom. The molecule has 22 heavy (non-hydrogen) atoms. The summed E-state index contributed by atoms with van der Waals surface area (Å²) in [6, 6.07) is 4.21. The van der Waals surface area contributed by atoms with Crippen molar-refractivity contribution in [3.05, 3.63) is 23.8 Å². The molecule has 0 saturated carbocycles. The van der Waals surface area contributed by atoms with E-state index in [-0.39, 0.29) is 10.5 Å². The molecule has 1 saturated heterocycles. The summed E-state index contributed by atoms with van der Waals surface area (Å²) in [6.07, 6.45) is 0. The molecule has 0 unspecified atom stereocenters. The van der Waals surface area contributed by atoms with Crippen LogP contribution < -0.4 is 4.74 Å². The van der Waals surface area contributed by atoms with Gasteiger partial charge in [0.1, 0.15) is 5.75 Å². The molecule has 122 valence electrons. The van der Waals surface area contributed by atoms with E-state index < -0.39 is 15.3 Å². The van der Waals surface area contributed by atoms with Gasteiger partial charge in [0.15, 0.2) is 0 Å². The summed E-state index contributed by atoms with van der Waals surface area (Å²) in [6.45, 7) is 4.35. The van der Waals surface area contributed by atoms with E-state index in [4.69, 9.17) is 16.3 Å². The number of hydrogen-bond acceptors (Lipinski definition) is 5. The van der Waals surface area contributed by atoms with E-state index in [1.165, 1.54) is 22.5 Å². The summed E-state index contributed by atoms with van der Waals surface area (Å²) in [7, 11) is -1.68. The molecule has 0 N–H and O–H groups in total. The molecule has 0 radical (unpaired) electrons. The third kappa shape index (κ3) is 3.60. The molecular formula is C14H19ClN2O4S. The third-order valence-electron chi connectivity index (χ3n) is 3.56. The van der Waals surface area contributed by atoms with Gasteiger partial charge >= 0.3 is 0 Å². The number of sulfonamides is 1. The minimum absolute atomic E-state index is 0.0597. The Balaban J connectivity index is 2.35. The lowest BCUT2D eigenvalue weighted by atomic mass is 10.2. The molecule has 1 aliphatic heterocycles. The van der Waals surface area contributed by atoms with Crippen molar-refractivity contribution in [3.63, 3.8) is 0 Å². The molecule has 1 aliphatic rings. The highest BCUT2D eigenvalue weighted by Gasteiger charge is 2.28. The van der Waals surface area contributed by atoms with E-state index >= 15 is 0 Å². The normalized spacial score (nSPS) is 17.4. The van der Waals surface area contributed by atoms with Crippen molar-refractivity contribution in [2.45, 2.75) is 11.8 Å². The Labute approximate surface area is 135 Å². The van der Waals surface area contributed by atoms with Crippen LogP contribution in [-0.4, -0.2) is 62.7 Å². The minimum atomic E-state index is -3.63. The molecule has 1 fully saturated rings. The molecule has 1 aromatic carbocycles. The van der Waals surface area contributed by atoms with Crippen molar-refractivity contribution in [2.75, 3.05) is 39.8 Å². The Kier molecular flexibility index (Phi) is 5.44. The van der Waals surface area contributed by atoms with E-state index in [0.29, 0.717) is 38.5 Å².